The summed E-state index contributed by atoms with van der Waals surface area (Å²) in [5.41, 5.74) is 3.46. The van der Waals surface area contributed by atoms with Gasteiger partial charge in [0, 0.05) is 5.75 Å². The third-order valence-electron chi connectivity index (χ3n) is 4.02. The average Bonchev–Trinajstić information content (AvgIpc) is 3.01. The number of aromatic nitrogens is 2. The van der Waals surface area contributed by atoms with Crippen LogP contribution in [0.5, 0.6) is 5.75 Å². The number of fused-ring (bicyclic) bond motifs is 1. The highest BCUT2D eigenvalue weighted by atomic mass is 32.2. The number of aromatic amines is 1. The Balaban J connectivity index is 1.47. The molecule has 0 unspecified atom stereocenters. The molecule has 0 radical (unpaired) electrons. The number of hydrogen-bond donors (Lipinski definition) is 1. The van der Waals surface area contributed by atoms with Crippen molar-refractivity contribution in [1.82, 2.24) is 9.97 Å². The van der Waals surface area contributed by atoms with E-state index in [1.54, 1.807) is 11.8 Å². The van der Waals surface area contributed by atoms with Crippen LogP contribution in [0.4, 0.5) is 0 Å². The first-order chi connectivity index (χ1) is 11.3. The molecule has 0 saturated carbocycles. The van der Waals surface area contributed by atoms with Crippen LogP contribution < -0.4 is 4.74 Å². The van der Waals surface area contributed by atoms with Gasteiger partial charge in [-0.05, 0) is 42.2 Å². The van der Waals surface area contributed by atoms with Crippen molar-refractivity contribution < 1.29 is 4.74 Å². The van der Waals surface area contributed by atoms with E-state index in [-0.39, 0.29) is 0 Å². The van der Waals surface area contributed by atoms with Crippen molar-refractivity contribution in [2.75, 3.05) is 12.4 Å². The lowest BCUT2D eigenvalue weighted by Gasteiger charge is -2.10. The van der Waals surface area contributed by atoms with E-state index >= 15 is 0 Å². The first-order valence-electron chi connectivity index (χ1n) is 8.06. The Hall–Kier alpha value is -1.94. The van der Waals surface area contributed by atoms with Crippen LogP contribution in [-0.2, 0) is 0 Å². The van der Waals surface area contributed by atoms with Crippen molar-refractivity contribution in [3.8, 4) is 5.75 Å². The zero-order valence-electron chi connectivity index (χ0n) is 13.6. The third-order valence-corrected chi connectivity index (χ3v) is 4.86. The molecule has 3 aromatic rings. The van der Waals surface area contributed by atoms with Crippen LogP contribution in [0, 0.1) is 0 Å². The van der Waals surface area contributed by atoms with Crippen LogP contribution in [0.1, 0.15) is 31.7 Å². The second-order valence-electron chi connectivity index (χ2n) is 5.63. The first kappa shape index (κ1) is 15.9. The molecule has 0 bridgehead atoms. The highest BCUT2D eigenvalue weighted by Crippen LogP contribution is 2.22. The van der Waals surface area contributed by atoms with E-state index in [0.717, 1.165) is 34.1 Å². The summed E-state index contributed by atoms with van der Waals surface area (Å²) in [5.74, 6) is 2.40. The van der Waals surface area contributed by atoms with Crippen molar-refractivity contribution in [1.29, 1.82) is 0 Å². The van der Waals surface area contributed by atoms with Gasteiger partial charge in [-0.3, -0.25) is 0 Å². The SMILES string of the molecule is CC[C@H](C)c1ccc(OCCSc2nc3ccccc3[nH]2)cc1. The van der Waals surface area contributed by atoms with Gasteiger partial charge in [-0.25, -0.2) is 4.98 Å². The number of para-hydroxylation sites is 2. The van der Waals surface area contributed by atoms with Crippen LogP contribution in [0.3, 0.4) is 0 Å². The molecule has 0 fully saturated rings. The fourth-order valence-corrected chi connectivity index (χ4v) is 3.13. The number of nitrogens with zero attached hydrogens (tertiary/aromatic N) is 1. The van der Waals surface area contributed by atoms with Gasteiger partial charge in [-0.2, -0.15) is 0 Å². The van der Waals surface area contributed by atoms with Gasteiger partial charge >= 0.3 is 0 Å². The number of benzene rings is 2. The van der Waals surface area contributed by atoms with Crippen LogP contribution in [-0.4, -0.2) is 22.3 Å². The average molecular weight is 326 g/mol. The van der Waals surface area contributed by atoms with Crippen LogP contribution in [0.15, 0.2) is 53.7 Å². The summed E-state index contributed by atoms with van der Waals surface area (Å²) in [6.45, 7) is 5.13. The highest BCUT2D eigenvalue weighted by molar-refractivity contribution is 7.99. The Bertz CT molecular complexity index is 718. The van der Waals surface area contributed by atoms with Crippen molar-refractivity contribution in [2.45, 2.75) is 31.3 Å². The van der Waals surface area contributed by atoms with Gasteiger partial charge in [0.15, 0.2) is 5.16 Å². The van der Waals surface area contributed by atoms with E-state index in [0.29, 0.717) is 12.5 Å². The maximum Gasteiger partial charge on any atom is 0.166 e. The number of rotatable bonds is 7. The number of ether oxygens (including phenoxy) is 1. The largest absolute Gasteiger partial charge is 0.493 e. The predicted octanol–water partition coefficient (Wildman–Crippen LogP) is 5.25. The molecule has 0 saturated heterocycles. The molecule has 0 aliphatic carbocycles. The Labute approximate surface area is 141 Å². The molecule has 1 atom stereocenters. The molecule has 0 aliphatic rings. The quantitative estimate of drug-likeness (QED) is 0.476. The second kappa shape index (κ2) is 7.55. The van der Waals surface area contributed by atoms with Gasteiger partial charge in [0.25, 0.3) is 0 Å². The molecule has 1 N–H and O–H groups in total. The number of nitrogens with one attached hydrogen (secondary N) is 1. The number of H-pyrrole nitrogens is 1. The Kier molecular flexibility index (Phi) is 5.23. The van der Waals surface area contributed by atoms with Crippen molar-refractivity contribution in [3.63, 3.8) is 0 Å². The van der Waals surface area contributed by atoms with Gasteiger partial charge in [0.1, 0.15) is 5.75 Å². The number of imidazole rings is 1. The van der Waals surface area contributed by atoms with Gasteiger partial charge in [0.2, 0.25) is 0 Å². The number of thioether (sulfide) groups is 1. The molecule has 0 amide bonds. The van der Waals surface area contributed by atoms with E-state index in [2.05, 4.69) is 48.1 Å². The standard InChI is InChI=1S/C19H22N2OS/c1-3-14(2)15-8-10-16(11-9-15)22-12-13-23-19-20-17-6-4-5-7-18(17)21-19/h4-11,14H,3,12-13H2,1-2H3,(H,20,21)/t14-/m0/s1. The monoisotopic (exact) mass is 326 g/mol. The molecule has 4 heteroatoms. The summed E-state index contributed by atoms with van der Waals surface area (Å²) in [4.78, 5) is 7.87. The van der Waals surface area contributed by atoms with Crippen molar-refractivity contribution in [3.05, 3.63) is 54.1 Å². The fraction of sp³-hybridized carbons (Fsp3) is 0.316. The highest BCUT2D eigenvalue weighted by Gasteiger charge is 2.04. The van der Waals surface area contributed by atoms with E-state index in [1.165, 1.54) is 5.56 Å². The maximum absolute atomic E-state index is 5.81. The number of hydrogen-bond acceptors (Lipinski definition) is 3. The van der Waals surface area contributed by atoms with E-state index in [4.69, 9.17) is 4.74 Å². The summed E-state index contributed by atoms with van der Waals surface area (Å²) >= 11 is 1.69. The van der Waals surface area contributed by atoms with E-state index < -0.39 is 0 Å². The third kappa shape index (κ3) is 4.08. The molecule has 1 aromatic heterocycles. The van der Waals surface area contributed by atoms with Crippen LogP contribution in [0.2, 0.25) is 0 Å². The smallest absolute Gasteiger partial charge is 0.166 e. The molecule has 120 valence electrons. The maximum atomic E-state index is 5.81. The van der Waals surface area contributed by atoms with Crippen LogP contribution >= 0.6 is 11.8 Å². The Morgan fingerprint density at radius 3 is 2.65 bits per heavy atom. The first-order valence-corrected chi connectivity index (χ1v) is 9.05. The Morgan fingerprint density at radius 2 is 1.91 bits per heavy atom. The molecule has 2 aromatic carbocycles. The van der Waals surface area contributed by atoms with Gasteiger partial charge in [0.05, 0.1) is 17.6 Å². The molecular formula is C19H22N2OS. The lowest BCUT2D eigenvalue weighted by atomic mass is 9.99. The molecule has 0 spiro atoms. The minimum absolute atomic E-state index is 0.604. The van der Waals surface area contributed by atoms with Crippen molar-refractivity contribution >= 4 is 22.8 Å². The van der Waals surface area contributed by atoms with E-state index in [9.17, 15) is 0 Å². The Morgan fingerprint density at radius 1 is 1.13 bits per heavy atom. The molecule has 3 rings (SSSR count). The zero-order valence-corrected chi connectivity index (χ0v) is 14.4. The summed E-state index contributed by atoms with van der Waals surface area (Å²) < 4.78 is 5.81. The minimum Gasteiger partial charge on any atom is -0.493 e. The zero-order chi connectivity index (χ0) is 16.1. The van der Waals surface area contributed by atoms with Crippen LogP contribution in [0.25, 0.3) is 11.0 Å². The molecule has 3 nitrogen and oxygen atoms in total. The van der Waals surface area contributed by atoms with Crippen molar-refractivity contribution in [2.24, 2.45) is 0 Å². The topological polar surface area (TPSA) is 37.9 Å². The second-order valence-corrected chi connectivity index (χ2v) is 6.72. The van der Waals surface area contributed by atoms with Gasteiger partial charge in [-0.15, -0.1) is 0 Å². The minimum atomic E-state index is 0.604. The lowest BCUT2D eigenvalue weighted by molar-refractivity contribution is 0.343. The molecular weight excluding hydrogens is 304 g/mol. The summed E-state index contributed by atoms with van der Waals surface area (Å²) in [6.07, 6.45) is 1.16. The summed E-state index contributed by atoms with van der Waals surface area (Å²) in [6, 6.07) is 16.5. The molecule has 23 heavy (non-hydrogen) atoms. The van der Waals surface area contributed by atoms with E-state index in [1.807, 2.05) is 24.3 Å². The summed E-state index contributed by atoms with van der Waals surface area (Å²) in [7, 11) is 0. The summed E-state index contributed by atoms with van der Waals surface area (Å²) in [5, 5.41) is 0.946. The lowest BCUT2D eigenvalue weighted by Crippen LogP contribution is -2.00. The molecule has 1 heterocycles. The van der Waals surface area contributed by atoms with Gasteiger partial charge < -0.3 is 9.72 Å². The predicted molar refractivity (Wildman–Crippen MR) is 97.5 cm³/mol. The fourth-order valence-electron chi connectivity index (χ4n) is 2.42. The normalized spacial score (nSPS) is 12.4. The van der Waals surface area contributed by atoms with Gasteiger partial charge in [-0.1, -0.05) is 49.9 Å². The molecule has 0 aliphatic heterocycles.